The van der Waals surface area contributed by atoms with Crippen molar-refractivity contribution in [3.8, 4) is 0 Å². The van der Waals surface area contributed by atoms with Crippen LogP contribution < -0.4 is 0 Å². The molecule has 21 heavy (non-hydrogen) atoms. The minimum Gasteiger partial charge on any atom is -0.466 e. The van der Waals surface area contributed by atoms with Gasteiger partial charge >= 0.3 is 5.97 Å². The van der Waals surface area contributed by atoms with Gasteiger partial charge in [-0.05, 0) is 44.0 Å². The number of carbonyl (C=O) groups is 2. The van der Waals surface area contributed by atoms with Gasteiger partial charge in [-0.1, -0.05) is 30.9 Å². The number of ether oxygens (including phenoxy) is 1. The Morgan fingerprint density at radius 1 is 0.952 bits per heavy atom. The highest BCUT2D eigenvalue weighted by atomic mass is 35.5. The third-order valence-corrected chi connectivity index (χ3v) is 3.51. The van der Waals surface area contributed by atoms with Gasteiger partial charge in [0.25, 0.3) is 0 Å². The van der Waals surface area contributed by atoms with E-state index in [4.69, 9.17) is 16.3 Å². The number of hydrogen-bond donors (Lipinski definition) is 0. The summed E-state index contributed by atoms with van der Waals surface area (Å²) in [6, 6.07) is 7.02. The zero-order valence-electron chi connectivity index (χ0n) is 12.6. The first-order valence-electron chi connectivity index (χ1n) is 7.58. The Hall–Kier alpha value is -1.35. The van der Waals surface area contributed by atoms with Crippen LogP contribution in [0.15, 0.2) is 24.3 Å². The maximum atomic E-state index is 11.9. The number of benzene rings is 1. The van der Waals surface area contributed by atoms with Crippen LogP contribution in [0.1, 0.15) is 62.2 Å². The first-order chi connectivity index (χ1) is 10.1. The molecule has 0 aliphatic heterocycles. The molecule has 1 aromatic rings. The van der Waals surface area contributed by atoms with Crippen LogP contribution in [0.25, 0.3) is 0 Å². The zero-order valence-corrected chi connectivity index (χ0v) is 13.3. The van der Waals surface area contributed by atoms with Crippen LogP contribution in [0.4, 0.5) is 0 Å². The Morgan fingerprint density at radius 3 is 2.14 bits per heavy atom. The van der Waals surface area contributed by atoms with Crippen molar-refractivity contribution in [1.29, 1.82) is 0 Å². The van der Waals surface area contributed by atoms with Gasteiger partial charge in [0, 0.05) is 23.4 Å². The number of carbonyl (C=O) groups excluding carboxylic acids is 2. The van der Waals surface area contributed by atoms with Crippen LogP contribution in [0.2, 0.25) is 5.02 Å². The maximum Gasteiger partial charge on any atom is 0.305 e. The summed E-state index contributed by atoms with van der Waals surface area (Å²) in [6.07, 6.45) is 5.89. The second-order valence-electron chi connectivity index (χ2n) is 5.00. The number of halogens is 1. The van der Waals surface area contributed by atoms with Crippen molar-refractivity contribution >= 4 is 23.4 Å². The van der Waals surface area contributed by atoms with Gasteiger partial charge in [-0.2, -0.15) is 0 Å². The summed E-state index contributed by atoms with van der Waals surface area (Å²) in [4.78, 5) is 23.0. The van der Waals surface area contributed by atoms with E-state index in [1.807, 2.05) is 6.92 Å². The largest absolute Gasteiger partial charge is 0.466 e. The molecule has 0 atom stereocenters. The van der Waals surface area contributed by atoms with E-state index in [9.17, 15) is 9.59 Å². The Balaban J connectivity index is 2.05. The van der Waals surface area contributed by atoms with E-state index in [1.165, 1.54) is 0 Å². The molecule has 0 aromatic heterocycles. The summed E-state index contributed by atoms with van der Waals surface area (Å²) < 4.78 is 4.87. The summed E-state index contributed by atoms with van der Waals surface area (Å²) in [5, 5.41) is 0.646. The quantitative estimate of drug-likeness (QED) is 0.353. The lowest BCUT2D eigenvalue weighted by atomic mass is 10.0. The lowest BCUT2D eigenvalue weighted by Crippen LogP contribution is -2.03. The zero-order chi connectivity index (χ0) is 15.5. The summed E-state index contributed by atoms with van der Waals surface area (Å²) in [5.74, 6) is 0.0496. The number of ketones is 1. The fourth-order valence-corrected chi connectivity index (χ4v) is 2.22. The average Bonchev–Trinajstić information content (AvgIpc) is 2.47. The van der Waals surface area contributed by atoms with Crippen molar-refractivity contribution in [2.75, 3.05) is 6.61 Å². The molecule has 1 rings (SSSR count). The molecule has 0 saturated carbocycles. The molecule has 0 saturated heterocycles. The van der Waals surface area contributed by atoms with E-state index in [2.05, 4.69) is 0 Å². The summed E-state index contributed by atoms with van der Waals surface area (Å²) in [6.45, 7) is 2.27. The first kappa shape index (κ1) is 17.7. The molecule has 3 nitrogen and oxygen atoms in total. The minimum atomic E-state index is -0.115. The predicted molar refractivity (Wildman–Crippen MR) is 84.7 cm³/mol. The van der Waals surface area contributed by atoms with Crippen molar-refractivity contribution in [3.05, 3.63) is 34.9 Å². The van der Waals surface area contributed by atoms with Crippen LogP contribution in [-0.2, 0) is 9.53 Å². The second-order valence-corrected chi connectivity index (χ2v) is 5.44. The van der Waals surface area contributed by atoms with Gasteiger partial charge in [-0.15, -0.1) is 0 Å². The lowest BCUT2D eigenvalue weighted by Gasteiger charge is -2.03. The van der Waals surface area contributed by atoms with Gasteiger partial charge in [-0.25, -0.2) is 0 Å². The topological polar surface area (TPSA) is 43.4 Å². The fourth-order valence-electron chi connectivity index (χ4n) is 2.10. The maximum absolute atomic E-state index is 11.9. The molecule has 0 aliphatic carbocycles. The van der Waals surface area contributed by atoms with Crippen LogP contribution in [0, 0.1) is 0 Å². The lowest BCUT2D eigenvalue weighted by molar-refractivity contribution is -0.143. The van der Waals surface area contributed by atoms with Crippen molar-refractivity contribution in [1.82, 2.24) is 0 Å². The summed E-state index contributed by atoms with van der Waals surface area (Å²) in [5.41, 5.74) is 0.724. The molecule has 1 aromatic carbocycles. The molecule has 0 heterocycles. The van der Waals surface area contributed by atoms with Crippen molar-refractivity contribution in [2.45, 2.75) is 51.9 Å². The Kier molecular flexibility index (Phi) is 8.76. The third kappa shape index (κ3) is 7.86. The summed E-state index contributed by atoms with van der Waals surface area (Å²) >= 11 is 5.79. The molecule has 0 spiro atoms. The summed E-state index contributed by atoms with van der Waals surface area (Å²) in [7, 11) is 0. The molecular weight excluding hydrogens is 288 g/mol. The van der Waals surface area contributed by atoms with Crippen molar-refractivity contribution in [3.63, 3.8) is 0 Å². The van der Waals surface area contributed by atoms with Crippen LogP contribution in [-0.4, -0.2) is 18.4 Å². The number of rotatable bonds is 10. The van der Waals surface area contributed by atoms with E-state index in [0.717, 1.165) is 37.7 Å². The van der Waals surface area contributed by atoms with Crippen molar-refractivity contribution < 1.29 is 14.3 Å². The number of unbranched alkanes of at least 4 members (excludes halogenated alkanes) is 4. The average molecular weight is 311 g/mol. The van der Waals surface area contributed by atoms with E-state index in [-0.39, 0.29) is 11.8 Å². The molecule has 116 valence electrons. The first-order valence-corrected chi connectivity index (χ1v) is 7.95. The highest BCUT2D eigenvalue weighted by Gasteiger charge is 2.05. The number of esters is 1. The van der Waals surface area contributed by atoms with Crippen molar-refractivity contribution in [2.24, 2.45) is 0 Å². The van der Waals surface area contributed by atoms with E-state index in [0.29, 0.717) is 24.5 Å². The highest BCUT2D eigenvalue weighted by molar-refractivity contribution is 6.30. The van der Waals surface area contributed by atoms with E-state index in [1.54, 1.807) is 24.3 Å². The Labute approximate surface area is 131 Å². The second kappa shape index (κ2) is 10.4. The standard InChI is InChI=1S/C17H23ClO3/c1-2-21-17(20)9-7-5-3-4-6-8-16(19)14-10-12-15(18)13-11-14/h10-13H,2-9H2,1H3. The molecule has 0 radical (unpaired) electrons. The number of Topliss-reactive ketones (excluding diaryl/α,β-unsaturated/α-hetero) is 1. The van der Waals surface area contributed by atoms with E-state index >= 15 is 0 Å². The Morgan fingerprint density at radius 2 is 1.52 bits per heavy atom. The Bertz CT molecular complexity index is 440. The molecule has 0 N–H and O–H groups in total. The highest BCUT2D eigenvalue weighted by Crippen LogP contribution is 2.14. The smallest absolute Gasteiger partial charge is 0.305 e. The minimum absolute atomic E-state index is 0.115. The molecule has 0 fully saturated rings. The van der Waals surface area contributed by atoms with Gasteiger partial charge in [0.2, 0.25) is 0 Å². The van der Waals surface area contributed by atoms with Gasteiger partial charge in [0.15, 0.2) is 5.78 Å². The van der Waals surface area contributed by atoms with Crippen LogP contribution >= 0.6 is 11.6 Å². The monoisotopic (exact) mass is 310 g/mol. The van der Waals surface area contributed by atoms with Gasteiger partial charge in [0.1, 0.15) is 0 Å². The number of hydrogen-bond acceptors (Lipinski definition) is 3. The third-order valence-electron chi connectivity index (χ3n) is 3.26. The molecule has 4 heteroatoms. The van der Waals surface area contributed by atoms with Gasteiger partial charge in [0.05, 0.1) is 6.61 Å². The normalized spacial score (nSPS) is 10.4. The fraction of sp³-hybridized carbons (Fsp3) is 0.529. The molecule has 0 unspecified atom stereocenters. The van der Waals surface area contributed by atoms with Crippen LogP contribution in [0.3, 0.4) is 0 Å². The van der Waals surface area contributed by atoms with Crippen LogP contribution in [0.5, 0.6) is 0 Å². The SMILES string of the molecule is CCOC(=O)CCCCCCCC(=O)c1ccc(Cl)cc1. The molecule has 0 aliphatic rings. The molecule has 0 amide bonds. The van der Waals surface area contributed by atoms with E-state index < -0.39 is 0 Å². The molecular formula is C17H23ClO3. The van der Waals surface area contributed by atoms with Gasteiger partial charge < -0.3 is 4.74 Å². The van der Waals surface area contributed by atoms with Gasteiger partial charge in [-0.3, -0.25) is 9.59 Å². The predicted octanol–water partition coefficient (Wildman–Crippen LogP) is 4.82. The molecule has 0 bridgehead atoms.